The number of nitrogens with zero attached hydrogens (tertiary/aromatic N) is 3. The zero-order valence-electron chi connectivity index (χ0n) is 14.5. The van der Waals surface area contributed by atoms with E-state index in [-0.39, 0.29) is 0 Å². The second-order valence-corrected chi connectivity index (χ2v) is 6.91. The summed E-state index contributed by atoms with van der Waals surface area (Å²) in [5.74, 6) is 1.44. The molecule has 1 fully saturated rings. The lowest BCUT2D eigenvalue weighted by molar-refractivity contribution is 0.139. The molecule has 1 aromatic carbocycles. The molecule has 1 aliphatic heterocycles. The standard InChI is InChI=1S/C20H17ClN4O2/c21-18-4-1-15(10-24-18)25-19-17-3-2-16(9-14(17)5-7-23-19)27-13-20(11-22)6-8-26-12-20/h1-5,7,9-10H,6,8,12-13H2,(H,23,25)/t20-/m0/s1. The summed E-state index contributed by atoms with van der Waals surface area (Å²) in [4.78, 5) is 8.48. The van der Waals surface area contributed by atoms with Gasteiger partial charge in [-0.25, -0.2) is 9.97 Å². The maximum Gasteiger partial charge on any atom is 0.138 e. The first-order valence-corrected chi connectivity index (χ1v) is 8.94. The van der Waals surface area contributed by atoms with Crippen LogP contribution in [0.4, 0.5) is 11.5 Å². The van der Waals surface area contributed by atoms with E-state index in [9.17, 15) is 5.26 Å². The Morgan fingerprint density at radius 3 is 2.93 bits per heavy atom. The van der Waals surface area contributed by atoms with E-state index >= 15 is 0 Å². The number of rotatable bonds is 5. The first-order chi connectivity index (χ1) is 13.2. The molecule has 0 amide bonds. The minimum atomic E-state index is -0.554. The second-order valence-electron chi connectivity index (χ2n) is 6.52. The van der Waals surface area contributed by atoms with E-state index in [1.165, 1.54) is 0 Å². The maximum atomic E-state index is 9.42. The molecule has 4 rings (SSSR count). The van der Waals surface area contributed by atoms with E-state index in [0.717, 1.165) is 22.3 Å². The Morgan fingerprint density at radius 1 is 1.26 bits per heavy atom. The van der Waals surface area contributed by atoms with Gasteiger partial charge in [0.2, 0.25) is 0 Å². The van der Waals surface area contributed by atoms with E-state index in [1.54, 1.807) is 18.5 Å². The molecule has 1 saturated heterocycles. The van der Waals surface area contributed by atoms with Gasteiger partial charge in [0.1, 0.15) is 28.7 Å². The largest absolute Gasteiger partial charge is 0.492 e. The minimum absolute atomic E-state index is 0.321. The van der Waals surface area contributed by atoms with Gasteiger partial charge in [-0.05, 0) is 48.2 Å². The lowest BCUT2D eigenvalue weighted by Crippen LogP contribution is -2.27. The zero-order chi connectivity index (χ0) is 18.7. The third-order valence-electron chi connectivity index (χ3n) is 4.58. The number of benzene rings is 1. The van der Waals surface area contributed by atoms with Crippen molar-refractivity contribution in [2.24, 2.45) is 5.41 Å². The van der Waals surface area contributed by atoms with Crippen molar-refractivity contribution in [3.63, 3.8) is 0 Å². The smallest absolute Gasteiger partial charge is 0.138 e. The summed E-state index contributed by atoms with van der Waals surface area (Å²) in [5.41, 5.74) is 0.249. The molecule has 2 aromatic heterocycles. The molecule has 3 heterocycles. The van der Waals surface area contributed by atoms with Gasteiger partial charge in [-0.1, -0.05) is 11.6 Å². The Labute approximate surface area is 161 Å². The fourth-order valence-electron chi connectivity index (χ4n) is 2.99. The molecular formula is C20H17ClN4O2. The van der Waals surface area contributed by atoms with Crippen molar-refractivity contribution < 1.29 is 9.47 Å². The van der Waals surface area contributed by atoms with Crippen LogP contribution in [-0.2, 0) is 4.74 Å². The van der Waals surface area contributed by atoms with Gasteiger partial charge in [0, 0.05) is 18.2 Å². The third kappa shape index (κ3) is 3.80. The summed E-state index contributed by atoms with van der Waals surface area (Å²) in [6.45, 7) is 1.35. The average Bonchev–Trinajstić information content (AvgIpc) is 3.18. The Bertz CT molecular complexity index is 995. The van der Waals surface area contributed by atoms with E-state index in [2.05, 4.69) is 21.4 Å². The normalized spacial score (nSPS) is 19.0. The lowest BCUT2D eigenvalue weighted by Gasteiger charge is -2.19. The van der Waals surface area contributed by atoms with Crippen LogP contribution in [0.2, 0.25) is 5.15 Å². The van der Waals surface area contributed by atoms with Crippen LogP contribution < -0.4 is 10.1 Å². The Morgan fingerprint density at radius 2 is 2.19 bits per heavy atom. The molecule has 0 spiro atoms. The second kappa shape index (κ2) is 7.39. The summed E-state index contributed by atoms with van der Waals surface area (Å²) in [6.07, 6.45) is 4.09. The first-order valence-electron chi connectivity index (χ1n) is 8.57. The molecule has 6 nitrogen and oxygen atoms in total. The lowest BCUT2D eigenvalue weighted by atomic mass is 9.90. The minimum Gasteiger partial charge on any atom is -0.492 e. The van der Waals surface area contributed by atoms with E-state index in [1.807, 2.05) is 30.3 Å². The summed E-state index contributed by atoms with van der Waals surface area (Å²) >= 11 is 5.83. The number of nitrogens with one attached hydrogen (secondary N) is 1. The van der Waals surface area contributed by atoms with E-state index < -0.39 is 5.41 Å². The highest BCUT2D eigenvalue weighted by Crippen LogP contribution is 2.31. The summed E-state index contributed by atoms with van der Waals surface area (Å²) < 4.78 is 11.3. The summed E-state index contributed by atoms with van der Waals surface area (Å²) in [7, 11) is 0. The molecule has 27 heavy (non-hydrogen) atoms. The third-order valence-corrected chi connectivity index (χ3v) is 4.81. The van der Waals surface area contributed by atoms with Crippen molar-refractivity contribution in [2.75, 3.05) is 25.1 Å². The van der Waals surface area contributed by atoms with Crippen LogP contribution in [-0.4, -0.2) is 29.8 Å². The van der Waals surface area contributed by atoms with Crippen molar-refractivity contribution in [1.29, 1.82) is 5.26 Å². The van der Waals surface area contributed by atoms with Gasteiger partial charge in [-0.3, -0.25) is 0 Å². The molecule has 0 radical (unpaired) electrons. The fourth-order valence-corrected chi connectivity index (χ4v) is 3.11. The SMILES string of the molecule is N#C[C@@]1(COc2ccc3c(Nc4ccc(Cl)nc4)nccc3c2)CCOC1. The number of nitriles is 1. The van der Waals surface area contributed by atoms with Crippen molar-refractivity contribution in [3.05, 3.63) is 53.9 Å². The van der Waals surface area contributed by atoms with E-state index in [4.69, 9.17) is 21.1 Å². The van der Waals surface area contributed by atoms with Gasteiger partial charge in [0.05, 0.1) is 24.6 Å². The highest BCUT2D eigenvalue weighted by atomic mass is 35.5. The number of ether oxygens (including phenoxy) is 2. The van der Waals surface area contributed by atoms with Gasteiger partial charge < -0.3 is 14.8 Å². The number of halogens is 1. The van der Waals surface area contributed by atoms with Gasteiger partial charge >= 0.3 is 0 Å². The molecule has 136 valence electrons. The Kier molecular flexibility index (Phi) is 4.80. The monoisotopic (exact) mass is 380 g/mol. The predicted octanol–water partition coefficient (Wildman–Crippen LogP) is 4.34. The van der Waals surface area contributed by atoms with Gasteiger partial charge in [-0.2, -0.15) is 5.26 Å². The molecule has 0 bridgehead atoms. The number of pyridine rings is 2. The first kappa shape index (κ1) is 17.5. The van der Waals surface area contributed by atoms with Crippen LogP contribution in [0.3, 0.4) is 0 Å². The van der Waals surface area contributed by atoms with Gasteiger partial charge in [-0.15, -0.1) is 0 Å². The van der Waals surface area contributed by atoms with Crippen LogP contribution in [0.15, 0.2) is 48.8 Å². The van der Waals surface area contributed by atoms with Crippen LogP contribution >= 0.6 is 11.6 Å². The Balaban J connectivity index is 1.55. The predicted molar refractivity (Wildman–Crippen MR) is 103 cm³/mol. The molecule has 7 heteroatoms. The summed E-state index contributed by atoms with van der Waals surface area (Å²) in [5, 5.41) is 15.1. The van der Waals surface area contributed by atoms with Crippen molar-refractivity contribution >= 4 is 33.9 Å². The van der Waals surface area contributed by atoms with Crippen LogP contribution in [0.25, 0.3) is 10.8 Å². The van der Waals surface area contributed by atoms with Crippen LogP contribution in [0.5, 0.6) is 5.75 Å². The molecule has 1 aliphatic rings. The van der Waals surface area contributed by atoms with Crippen LogP contribution in [0.1, 0.15) is 6.42 Å². The van der Waals surface area contributed by atoms with Crippen molar-refractivity contribution in [3.8, 4) is 11.8 Å². The van der Waals surface area contributed by atoms with Gasteiger partial charge in [0.25, 0.3) is 0 Å². The highest BCUT2D eigenvalue weighted by Gasteiger charge is 2.36. The number of anilines is 2. The maximum absolute atomic E-state index is 9.42. The Hall–Kier alpha value is -2.88. The quantitative estimate of drug-likeness (QED) is 0.663. The number of fused-ring (bicyclic) bond motifs is 1. The molecule has 0 aliphatic carbocycles. The molecular weight excluding hydrogens is 364 g/mol. The molecule has 1 atom stereocenters. The number of aromatic nitrogens is 2. The van der Waals surface area contributed by atoms with E-state index in [0.29, 0.717) is 37.1 Å². The topological polar surface area (TPSA) is 80.1 Å². The highest BCUT2D eigenvalue weighted by molar-refractivity contribution is 6.29. The average molecular weight is 381 g/mol. The zero-order valence-corrected chi connectivity index (χ0v) is 15.2. The van der Waals surface area contributed by atoms with Crippen molar-refractivity contribution in [1.82, 2.24) is 9.97 Å². The number of hydrogen-bond donors (Lipinski definition) is 1. The van der Waals surface area contributed by atoms with Crippen molar-refractivity contribution in [2.45, 2.75) is 6.42 Å². The summed E-state index contributed by atoms with van der Waals surface area (Å²) in [6, 6.07) is 13.6. The van der Waals surface area contributed by atoms with Gasteiger partial charge in [0.15, 0.2) is 0 Å². The molecule has 0 unspecified atom stereocenters. The molecule has 1 N–H and O–H groups in total. The fraction of sp³-hybridized carbons (Fsp3) is 0.250. The molecule has 0 saturated carbocycles. The number of hydrogen-bond acceptors (Lipinski definition) is 6. The molecule has 3 aromatic rings. The van der Waals surface area contributed by atoms with Crippen LogP contribution in [0, 0.1) is 16.7 Å².